The molecule has 188 valence electrons. The molecule has 2 amide bonds. The summed E-state index contributed by atoms with van der Waals surface area (Å²) in [6, 6.07) is 18.3. The third-order valence-electron chi connectivity index (χ3n) is 6.66. The fourth-order valence-electron chi connectivity index (χ4n) is 4.58. The van der Waals surface area contributed by atoms with E-state index < -0.39 is 0 Å². The van der Waals surface area contributed by atoms with Crippen LogP contribution in [0.1, 0.15) is 46.2 Å². The first-order valence-electron chi connectivity index (χ1n) is 12.4. The van der Waals surface area contributed by atoms with Gasteiger partial charge in [0.1, 0.15) is 11.4 Å². The maximum absolute atomic E-state index is 13.0. The Morgan fingerprint density at radius 2 is 1.81 bits per heavy atom. The molecular formula is C29H28N4O3S. The number of carbonyl (C=O) groups excluding carboxylic acids is 2. The first-order valence-corrected chi connectivity index (χ1v) is 13.3. The van der Waals surface area contributed by atoms with Gasteiger partial charge in [-0.2, -0.15) is 0 Å². The lowest BCUT2D eigenvalue weighted by atomic mass is 9.97. The number of aryl methyl sites for hydroxylation is 1. The number of phenols is 1. The number of carbonyl (C=O) groups is 2. The highest BCUT2D eigenvalue weighted by molar-refractivity contribution is 7.10. The lowest BCUT2D eigenvalue weighted by Gasteiger charge is -2.31. The Morgan fingerprint density at radius 3 is 2.57 bits per heavy atom. The molecule has 5 rings (SSSR count). The van der Waals surface area contributed by atoms with E-state index in [2.05, 4.69) is 15.3 Å². The topological polar surface area (TPSA) is 95.4 Å². The minimum absolute atomic E-state index is 0.175. The number of likely N-dealkylation sites (tertiary alicyclic amines) is 1. The van der Waals surface area contributed by atoms with E-state index in [4.69, 9.17) is 0 Å². The van der Waals surface area contributed by atoms with E-state index in [0.29, 0.717) is 37.3 Å². The highest BCUT2D eigenvalue weighted by Crippen LogP contribution is 2.32. The maximum atomic E-state index is 13.0. The normalized spacial score (nSPS) is 13.9. The number of hydrogen-bond acceptors (Lipinski definition) is 6. The molecule has 4 aromatic rings. The highest BCUT2D eigenvalue weighted by Gasteiger charge is 2.26. The SMILES string of the molecule is O=C(Nc1ccccc1-c1ccc(O)cc1)c1csc(C2CCN(C(=O)CCc3cccnc3)CC2)n1. The van der Waals surface area contributed by atoms with Crippen LogP contribution in [-0.2, 0) is 11.2 Å². The van der Waals surface area contributed by atoms with Crippen LogP contribution in [0.25, 0.3) is 11.1 Å². The van der Waals surface area contributed by atoms with Gasteiger partial charge >= 0.3 is 0 Å². The number of para-hydroxylation sites is 1. The Balaban J connectivity index is 1.17. The number of phenolic OH excluding ortho intramolecular Hbond substituents is 1. The molecule has 3 heterocycles. The predicted molar refractivity (Wildman–Crippen MR) is 145 cm³/mol. The highest BCUT2D eigenvalue weighted by atomic mass is 32.1. The van der Waals surface area contributed by atoms with E-state index in [1.165, 1.54) is 11.3 Å². The number of aromatic nitrogens is 2. The van der Waals surface area contributed by atoms with Crippen molar-refractivity contribution in [1.29, 1.82) is 0 Å². The van der Waals surface area contributed by atoms with E-state index in [-0.39, 0.29) is 23.5 Å². The number of nitrogens with one attached hydrogen (secondary N) is 1. The van der Waals surface area contributed by atoms with Crippen LogP contribution >= 0.6 is 11.3 Å². The molecule has 1 fully saturated rings. The van der Waals surface area contributed by atoms with Crippen molar-refractivity contribution < 1.29 is 14.7 Å². The zero-order valence-corrected chi connectivity index (χ0v) is 21.2. The van der Waals surface area contributed by atoms with Crippen molar-refractivity contribution in [3.8, 4) is 16.9 Å². The molecule has 2 aromatic heterocycles. The molecule has 1 saturated heterocycles. The van der Waals surface area contributed by atoms with Gasteiger partial charge in [0.15, 0.2) is 0 Å². The maximum Gasteiger partial charge on any atom is 0.275 e. The molecule has 0 atom stereocenters. The van der Waals surface area contributed by atoms with Gasteiger partial charge in [-0.15, -0.1) is 11.3 Å². The Morgan fingerprint density at radius 1 is 1.03 bits per heavy atom. The number of pyridine rings is 1. The first-order chi connectivity index (χ1) is 18.1. The van der Waals surface area contributed by atoms with Crippen LogP contribution in [0.3, 0.4) is 0 Å². The second-order valence-electron chi connectivity index (χ2n) is 9.13. The van der Waals surface area contributed by atoms with E-state index in [0.717, 1.165) is 34.5 Å². The zero-order valence-electron chi connectivity index (χ0n) is 20.3. The van der Waals surface area contributed by atoms with Crippen LogP contribution in [0, 0.1) is 0 Å². The lowest BCUT2D eigenvalue weighted by molar-refractivity contribution is -0.132. The predicted octanol–water partition coefficient (Wildman–Crippen LogP) is 5.50. The van der Waals surface area contributed by atoms with Gasteiger partial charge in [-0.3, -0.25) is 14.6 Å². The summed E-state index contributed by atoms with van der Waals surface area (Å²) in [5.74, 6) is 0.365. The number of aromatic hydroxyl groups is 1. The minimum Gasteiger partial charge on any atom is -0.508 e. The van der Waals surface area contributed by atoms with Gasteiger partial charge in [0.2, 0.25) is 5.91 Å². The van der Waals surface area contributed by atoms with Gasteiger partial charge in [-0.05, 0) is 54.7 Å². The van der Waals surface area contributed by atoms with Crippen molar-refractivity contribution in [1.82, 2.24) is 14.9 Å². The molecule has 0 bridgehead atoms. The van der Waals surface area contributed by atoms with Gasteiger partial charge in [-0.25, -0.2) is 4.98 Å². The number of hydrogen-bond donors (Lipinski definition) is 2. The molecule has 0 unspecified atom stereocenters. The quantitative estimate of drug-likeness (QED) is 0.341. The zero-order chi connectivity index (χ0) is 25.6. The average Bonchev–Trinajstić information content (AvgIpc) is 3.44. The van der Waals surface area contributed by atoms with Crippen LogP contribution in [0.2, 0.25) is 0 Å². The van der Waals surface area contributed by atoms with Crippen molar-refractivity contribution >= 4 is 28.8 Å². The minimum atomic E-state index is -0.253. The molecule has 0 radical (unpaired) electrons. The molecule has 1 aliphatic heterocycles. The molecule has 0 aliphatic carbocycles. The van der Waals surface area contributed by atoms with Gasteiger partial charge in [0.25, 0.3) is 5.91 Å². The van der Waals surface area contributed by atoms with Gasteiger partial charge in [0.05, 0.1) is 5.01 Å². The number of anilines is 1. The van der Waals surface area contributed by atoms with Crippen LogP contribution in [0.4, 0.5) is 5.69 Å². The van der Waals surface area contributed by atoms with Gasteiger partial charge in [0, 0.05) is 54.5 Å². The Bertz CT molecular complexity index is 1360. The fraction of sp³-hybridized carbons (Fsp3) is 0.241. The van der Waals surface area contributed by atoms with Gasteiger partial charge in [-0.1, -0.05) is 36.4 Å². The summed E-state index contributed by atoms with van der Waals surface area (Å²) in [5, 5.41) is 15.3. The summed E-state index contributed by atoms with van der Waals surface area (Å²) in [5.41, 5.74) is 3.92. The Kier molecular flexibility index (Phi) is 7.56. The molecule has 37 heavy (non-hydrogen) atoms. The van der Waals surface area contributed by atoms with Crippen LogP contribution in [0.5, 0.6) is 5.75 Å². The molecule has 0 saturated carbocycles. The second-order valence-corrected chi connectivity index (χ2v) is 10.0. The molecule has 8 heteroatoms. The number of nitrogens with zero attached hydrogens (tertiary/aromatic N) is 3. The number of thiazole rings is 1. The average molecular weight is 513 g/mol. The summed E-state index contributed by atoms with van der Waals surface area (Å²) in [4.78, 5) is 36.4. The van der Waals surface area contributed by atoms with Crippen molar-refractivity contribution in [3.63, 3.8) is 0 Å². The van der Waals surface area contributed by atoms with Crippen molar-refractivity contribution in [3.05, 3.63) is 94.7 Å². The third kappa shape index (κ3) is 6.03. The smallest absolute Gasteiger partial charge is 0.275 e. The third-order valence-corrected chi connectivity index (χ3v) is 7.66. The standard InChI is InChI=1S/C29H28N4O3S/c34-23-10-8-21(9-11-23)24-5-1-2-6-25(24)31-28(36)26-19-37-29(32-26)22-13-16-33(17-14-22)27(35)12-7-20-4-3-15-30-18-20/h1-6,8-11,15,18-19,22,34H,7,12-14,16-17H2,(H,31,36). The molecular weight excluding hydrogens is 484 g/mol. The fourth-order valence-corrected chi connectivity index (χ4v) is 5.55. The van der Waals surface area contributed by atoms with Crippen molar-refractivity contribution in [2.24, 2.45) is 0 Å². The summed E-state index contributed by atoms with van der Waals surface area (Å²) in [6.07, 6.45) is 6.42. The van der Waals surface area contributed by atoms with Gasteiger partial charge < -0.3 is 15.3 Å². The number of rotatable bonds is 7. The van der Waals surface area contributed by atoms with Crippen molar-refractivity contribution in [2.75, 3.05) is 18.4 Å². The number of benzene rings is 2. The second kappa shape index (κ2) is 11.3. The Hall–Kier alpha value is -4.04. The van der Waals surface area contributed by atoms with Crippen LogP contribution in [-0.4, -0.2) is 44.9 Å². The van der Waals surface area contributed by atoms with Crippen molar-refractivity contribution in [2.45, 2.75) is 31.6 Å². The summed E-state index contributed by atoms with van der Waals surface area (Å²) in [6.45, 7) is 1.41. The summed E-state index contributed by atoms with van der Waals surface area (Å²) in [7, 11) is 0. The summed E-state index contributed by atoms with van der Waals surface area (Å²) >= 11 is 1.50. The molecule has 0 spiro atoms. The Labute approximate surface area is 219 Å². The van der Waals surface area contributed by atoms with Crippen LogP contribution < -0.4 is 5.32 Å². The molecule has 7 nitrogen and oxygen atoms in total. The number of amides is 2. The van der Waals surface area contributed by atoms with E-state index in [1.807, 2.05) is 59.6 Å². The molecule has 1 aliphatic rings. The monoisotopic (exact) mass is 512 g/mol. The molecule has 2 N–H and O–H groups in total. The van der Waals surface area contributed by atoms with Crippen LogP contribution in [0.15, 0.2) is 78.4 Å². The van der Waals surface area contributed by atoms with E-state index in [1.54, 1.807) is 23.7 Å². The largest absolute Gasteiger partial charge is 0.508 e. The summed E-state index contributed by atoms with van der Waals surface area (Å²) < 4.78 is 0. The van der Waals surface area contributed by atoms with E-state index >= 15 is 0 Å². The first kappa shape index (κ1) is 24.6. The lowest BCUT2D eigenvalue weighted by Crippen LogP contribution is -2.38. The number of piperidine rings is 1. The molecule has 2 aromatic carbocycles. The van der Waals surface area contributed by atoms with E-state index in [9.17, 15) is 14.7 Å².